The highest BCUT2D eigenvalue weighted by molar-refractivity contribution is 5.24. The fourth-order valence-electron chi connectivity index (χ4n) is 1.40. The second kappa shape index (κ2) is 6.20. The topological polar surface area (TPSA) is 9.23 Å². The minimum Gasteiger partial charge on any atom is -0.365 e. The highest BCUT2D eigenvalue weighted by atomic mass is 16.5. The number of hydrogen-bond donors (Lipinski definition) is 0. The van der Waals surface area contributed by atoms with E-state index in [4.69, 9.17) is 4.74 Å². The lowest BCUT2D eigenvalue weighted by molar-refractivity contribution is 0.101. The number of benzene rings is 1. The van der Waals surface area contributed by atoms with Gasteiger partial charge in [-0.2, -0.15) is 0 Å². The Hall–Kier alpha value is -1.34. The van der Waals surface area contributed by atoms with E-state index >= 15 is 0 Å². The average molecular weight is 202 g/mol. The molecular weight excluding hydrogens is 184 g/mol. The molecule has 0 saturated heterocycles. The van der Waals surface area contributed by atoms with Crippen molar-refractivity contribution >= 4 is 0 Å². The predicted octanol–water partition coefficient (Wildman–Crippen LogP) is 3.90. The molecule has 0 fully saturated rings. The second-order valence-electron chi connectivity index (χ2n) is 3.54. The molecule has 1 aromatic carbocycles. The van der Waals surface area contributed by atoms with E-state index in [0.29, 0.717) is 6.61 Å². The Bertz CT molecular complexity index is 324. The SMILES string of the molecule is C=C(C)C(OCC=CC)c1ccccc1. The van der Waals surface area contributed by atoms with E-state index in [0.717, 1.165) is 11.1 Å². The molecule has 0 bridgehead atoms. The van der Waals surface area contributed by atoms with Gasteiger partial charge in [-0.15, -0.1) is 0 Å². The van der Waals surface area contributed by atoms with Gasteiger partial charge in [-0.05, 0) is 25.0 Å². The zero-order valence-corrected chi connectivity index (χ0v) is 9.44. The quantitative estimate of drug-likeness (QED) is 0.658. The Kier molecular flexibility index (Phi) is 4.85. The smallest absolute Gasteiger partial charge is 0.103 e. The molecule has 0 aromatic heterocycles. The zero-order valence-electron chi connectivity index (χ0n) is 9.44. The molecule has 1 heteroatoms. The van der Waals surface area contributed by atoms with Crippen LogP contribution in [0.2, 0.25) is 0 Å². The molecule has 0 heterocycles. The van der Waals surface area contributed by atoms with Crippen LogP contribution in [0, 0.1) is 0 Å². The first-order valence-corrected chi connectivity index (χ1v) is 5.18. The lowest BCUT2D eigenvalue weighted by Crippen LogP contribution is -2.05. The van der Waals surface area contributed by atoms with Crippen molar-refractivity contribution in [3.8, 4) is 0 Å². The molecule has 0 saturated carbocycles. The van der Waals surface area contributed by atoms with Crippen molar-refractivity contribution in [1.29, 1.82) is 0 Å². The maximum atomic E-state index is 5.74. The molecule has 0 N–H and O–H groups in total. The van der Waals surface area contributed by atoms with Crippen LogP contribution >= 0.6 is 0 Å². The average Bonchev–Trinajstić information content (AvgIpc) is 2.25. The first-order chi connectivity index (χ1) is 7.25. The molecule has 0 aliphatic heterocycles. The van der Waals surface area contributed by atoms with Crippen molar-refractivity contribution in [2.75, 3.05) is 6.61 Å². The molecule has 1 atom stereocenters. The summed E-state index contributed by atoms with van der Waals surface area (Å²) in [6.45, 7) is 8.57. The molecule has 1 unspecified atom stereocenters. The van der Waals surface area contributed by atoms with Crippen molar-refractivity contribution in [3.05, 3.63) is 60.2 Å². The Labute approximate surface area is 92.1 Å². The fourth-order valence-corrected chi connectivity index (χ4v) is 1.40. The van der Waals surface area contributed by atoms with Crippen molar-refractivity contribution in [1.82, 2.24) is 0 Å². The number of rotatable bonds is 5. The van der Waals surface area contributed by atoms with Crippen LogP contribution in [0.3, 0.4) is 0 Å². The Morgan fingerprint density at radius 1 is 1.40 bits per heavy atom. The number of hydrogen-bond acceptors (Lipinski definition) is 1. The summed E-state index contributed by atoms with van der Waals surface area (Å²) in [6, 6.07) is 10.2. The Morgan fingerprint density at radius 3 is 2.60 bits per heavy atom. The van der Waals surface area contributed by atoms with Crippen LogP contribution in [0.4, 0.5) is 0 Å². The van der Waals surface area contributed by atoms with Gasteiger partial charge in [-0.3, -0.25) is 0 Å². The largest absolute Gasteiger partial charge is 0.365 e. The van der Waals surface area contributed by atoms with E-state index in [2.05, 4.69) is 18.7 Å². The number of ether oxygens (including phenoxy) is 1. The maximum absolute atomic E-state index is 5.74. The molecular formula is C14H18O. The molecule has 1 aromatic rings. The lowest BCUT2D eigenvalue weighted by atomic mass is 10.0. The minimum absolute atomic E-state index is 0.00222. The number of allylic oxidation sites excluding steroid dienone is 1. The first-order valence-electron chi connectivity index (χ1n) is 5.18. The standard InChI is InChI=1S/C14H18O/c1-4-5-11-15-14(12(2)3)13-9-7-6-8-10-13/h4-10,14H,2,11H2,1,3H3. The normalized spacial score (nSPS) is 12.9. The monoisotopic (exact) mass is 202 g/mol. The summed E-state index contributed by atoms with van der Waals surface area (Å²) in [5.74, 6) is 0. The molecule has 0 aliphatic rings. The summed E-state index contributed by atoms with van der Waals surface area (Å²) < 4.78 is 5.74. The summed E-state index contributed by atoms with van der Waals surface area (Å²) >= 11 is 0. The van der Waals surface area contributed by atoms with E-state index in [1.165, 1.54) is 0 Å². The lowest BCUT2D eigenvalue weighted by Gasteiger charge is -2.17. The third-order valence-electron chi connectivity index (χ3n) is 2.14. The van der Waals surface area contributed by atoms with Gasteiger partial charge in [-0.25, -0.2) is 0 Å². The minimum atomic E-state index is 0.00222. The van der Waals surface area contributed by atoms with Gasteiger partial charge in [0.2, 0.25) is 0 Å². The highest BCUT2D eigenvalue weighted by Gasteiger charge is 2.10. The van der Waals surface area contributed by atoms with Crippen molar-refractivity contribution in [2.45, 2.75) is 20.0 Å². The van der Waals surface area contributed by atoms with Crippen molar-refractivity contribution < 1.29 is 4.74 Å². The zero-order chi connectivity index (χ0) is 11.1. The molecule has 1 nitrogen and oxygen atoms in total. The van der Waals surface area contributed by atoms with Crippen LogP contribution in [0.5, 0.6) is 0 Å². The molecule has 0 amide bonds. The fraction of sp³-hybridized carbons (Fsp3) is 0.286. The Balaban J connectivity index is 2.71. The van der Waals surface area contributed by atoms with Gasteiger partial charge in [-0.1, -0.05) is 49.1 Å². The van der Waals surface area contributed by atoms with E-state index < -0.39 is 0 Å². The molecule has 0 radical (unpaired) electrons. The van der Waals surface area contributed by atoms with Gasteiger partial charge >= 0.3 is 0 Å². The van der Waals surface area contributed by atoms with Crippen molar-refractivity contribution in [3.63, 3.8) is 0 Å². The van der Waals surface area contributed by atoms with Gasteiger partial charge in [0.1, 0.15) is 6.10 Å². The Morgan fingerprint density at radius 2 is 2.07 bits per heavy atom. The molecule has 80 valence electrons. The molecule has 0 spiro atoms. The predicted molar refractivity (Wildman–Crippen MR) is 64.8 cm³/mol. The van der Waals surface area contributed by atoms with Gasteiger partial charge < -0.3 is 4.74 Å². The van der Waals surface area contributed by atoms with E-state index in [1.807, 2.05) is 44.2 Å². The second-order valence-corrected chi connectivity index (χ2v) is 3.54. The van der Waals surface area contributed by atoms with E-state index in [1.54, 1.807) is 0 Å². The van der Waals surface area contributed by atoms with Crippen LogP contribution in [0.15, 0.2) is 54.6 Å². The van der Waals surface area contributed by atoms with Gasteiger partial charge in [0, 0.05) is 0 Å². The third kappa shape index (κ3) is 3.72. The summed E-state index contributed by atoms with van der Waals surface area (Å²) in [5, 5.41) is 0. The molecule has 1 rings (SSSR count). The summed E-state index contributed by atoms with van der Waals surface area (Å²) in [6.07, 6.45) is 3.99. The van der Waals surface area contributed by atoms with Crippen molar-refractivity contribution in [2.24, 2.45) is 0 Å². The van der Waals surface area contributed by atoms with Gasteiger partial charge in [0.05, 0.1) is 6.61 Å². The maximum Gasteiger partial charge on any atom is 0.103 e. The van der Waals surface area contributed by atoms with Gasteiger partial charge in [0.25, 0.3) is 0 Å². The van der Waals surface area contributed by atoms with Crippen LogP contribution in [-0.4, -0.2) is 6.61 Å². The summed E-state index contributed by atoms with van der Waals surface area (Å²) in [7, 11) is 0. The summed E-state index contributed by atoms with van der Waals surface area (Å²) in [5.41, 5.74) is 2.19. The molecule has 15 heavy (non-hydrogen) atoms. The van der Waals surface area contributed by atoms with Gasteiger partial charge in [0.15, 0.2) is 0 Å². The first kappa shape index (κ1) is 11.7. The van der Waals surface area contributed by atoms with Crippen LogP contribution < -0.4 is 0 Å². The van der Waals surface area contributed by atoms with E-state index in [9.17, 15) is 0 Å². The summed E-state index contributed by atoms with van der Waals surface area (Å²) in [4.78, 5) is 0. The van der Waals surface area contributed by atoms with E-state index in [-0.39, 0.29) is 6.10 Å². The van der Waals surface area contributed by atoms with Crippen LogP contribution in [0.25, 0.3) is 0 Å². The van der Waals surface area contributed by atoms with Crippen LogP contribution in [-0.2, 0) is 4.74 Å². The molecule has 0 aliphatic carbocycles. The van der Waals surface area contributed by atoms with Crippen LogP contribution in [0.1, 0.15) is 25.5 Å². The highest BCUT2D eigenvalue weighted by Crippen LogP contribution is 2.23. The third-order valence-corrected chi connectivity index (χ3v) is 2.14.